The molecule has 0 N–H and O–H groups in total. The van der Waals surface area contributed by atoms with Crippen LogP contribution in [0.15, 0.2) is 42.5 Å². The van der Waals surface area contributed by atoms with Gasteiger partial charge in [0.15, 0.2) is 11.5 Å². The van der Waals surface area contributed by atoms with Crippen molar-refractivity contribution < 1.29 is 18.9 Å². The van der Waals surface area contributed by atoms with Crippen LogP contribution < -0.4 is 18.9 Å². The zero-order chi connectivity index (χ0) is 17.5. The number of hydrogen-bond donors (Lipinski definition) is 0. The number of nitrogens with zero attached hydrogens (tertiary/aromatic N) is 1. The van der Waals surface area contributed by atoms with Gasteiger partial charge >= 0.3 is 0 Å². The van der Waals surface area contributed by atoms with Gasteiger partial charge in [-0.1, -0.05) is 6.07 Å². The highest BCUT2D eigenvalue weighted by Crippen LogP contribution is 2.35. The fourth-order valence-electron chi connectivity index (χ4n) is 2.36. The molecular weight excluding hydrogens is 306 g/mol. The Morgan fingerprint density at radius 3 is 1.92 bits per heavy atom. The van der Waals surface area contributed by atoms with Crippen LogP contribution in [-0.2, 0) is 0 Å². The van der Waals surface area contributed by atoms with Crippen molar-refractivity contribution in [3.8, 4) is 29.1 Å². The van der Waals surface area contributed by atoms with E-state index < -0.39 is 0 Å². The third kappa shape index (κ3) is 3.61. The first kappa shape index (κ1) is 17.2. The smallest absolute Gasteiger partial charge is 0.161 e. The molecule has 2 aromatic rings. The average molecular weight is 325 g/mol. The van der Waals surface area contributed by atoms with E-state index in [-0.39, 0.29) is 0 Å². The van der Waals surface area contributed by atoms with Crippen LogP contribution in [0.4, 0.5) is 0 Å². The maximum Gasteiger partial charge on any atom is 0.161 e. The molecule has 0 unspecified atom stereocenters. The van der Waals surface area contributed by atoms with Gasteiger partial charge in [0.2, 0.25) is 0 Å². The van der Waals surface area contributed by atoms with Crippen LogP contribution in [0.3, 0.4) is 0 Å². The summed E-state index contributed by atoms with van der Waals surface area (Å²) in [6, 6.07) is 13.1. The molecule has 5 heteroatoms. The lowest BCUT2D eigenvalue weighted by Crippen LogP contribution is -1.95. The van der Waals surface area contributed by atoms with E-state index in [0.717, 1.165) is 16.7 Å². The molecule has 0 bridgehead atoms. The summed E-state index contributed by atoms with van der Waals surface area (Å²) in [6.45, 7) is 0. The van der Waals surface area contributed by atoms with E-state index in [0.29, 0.717) is 23.0 Å². The summed E-state index contributed by atoms with van der Waals surface area (Å²) in [5, 5.41) is 9.19. The van der Waals surface area contributed by atoms with Crippen LogP contribution in [0.5, 0.6) is 23.0 Å². The molecule has 5 nitrogen and oxygen atoms in total. The largest absolute Gasteiger partial charge is 0.497 e. The van der Waals surface area contributed by atoms with Crippen molar-refractivity contribution in [2.45, 2.75) is 0 Å². The molecule has 2 aromatic carbocycles. The van der Waals surface area contributed by atoms with Crippen molar-refractivity contribution in [2.24, 2.45) is 0 Å². The number of ether oxygens (including phenoxy) is 4. The standard InChI is InChI=1S/C19H19NO4/c1-21-15-9-14(10-16(12-15)22-2)17(7-8-20)13-5-6-18(23-3)19(11-13)24-4/h5-7,9-12H,1-4H3/b17-7-. The van der Waals surface area contributed by atoms with Crippen LogP contribution in [-0.4, -0.2) is 28.4 Å². The van der Waals surface area contributed by atoms with E-state index in [9.17, 15) is 5.26 Å². The fraction of sp³-hybridized carbons (Fsp3) is 0.211. The Morgan fingerprint density at radius 1 is 0.792 bits per heavy atom. The van der Waals surface area contributed by atoms with Gasteiger partial charge < -0.3 is 18.9 Å². The maximum atomic E-state index is 9.19. The molecule has 0 spiro atoms. The summed E-state index contributed by atoms with van der Waals surface area (Å²) < 4.78 is 21.2. The highest BCUT2D eigenvalue weighted by molar-refractivity contribution is 5.83. The molecule has 0 aliphatic heterocycles. The number of nitriles is 1. The van der Waals surface area contributed by atoms with Gasteiger partial charge in [-0.25, -0.2) is 0 Å². The first-order valence-corrected chi connectivity index (χ1v) is 7.22. The van der Waals surface area contributed by atoms with Gasteiger partial charge in [0, 0.05) is 12.1 Å². The zero-order valence-corrected chi connectivity index (χ0v) is 14.1. The maximum absolute atomic E-state index is 9.19. The summed E-state index contributed by atoms with van der Waals surface area (Å²) in [4.78, 5) is 0. The van der Waals surface area contributed by atoms with Gasteiger partial charge in [0.1, 0.15) is 11.5 Å². The van der Waals surface area contributed by atoms with Crippen molar-refractivity contribution in [3.63, 3.8) is 0 Å². The van der Waals surface area contributed by atoms with Crippen LogP contribution in [0.1, 0.15) is 11.1 Å². The minimum atomic E-state index is 0.591. The van der Waals surface area contributed by atoms with Crippen molar-refractivity contribution >= 4 is 5.57 Å². The third-order valence-corrected chi connectivity index (χ3v) is 3.57. The second-order valence-electron chi connectivity index (χ2n) is 4.86. The summed E-state index contributed by atoms with van der Waals surface area (Å²) >= 11 is 0. The van der Waals surface area contributed by atoms with E-state index in [1.807, 2.05) is 24.3 Å². The molecule has 0 amide bonds. The lowest BCUT2D eigenvalue weighted by Gasteiger charge is -2.14. The van der Waals surface area contributed by atoms with E-state index >= 15 is 0 Å². The van der Waals surface area contributed by atoms with Gasteiger partial charge in [0.25, 0.3) is 0 Å². The van der Waals surface area contributed by atoms with Crippen molar-refractivity contribution in [3.05, 3.63) is 53.6 Å². The van der Waals surface area contributed by atoms with Crippen molar-refractivity contribution in [1.82, 2.24) is 0 Å². The molecular formula is C19H19NO4. The van der Waals surface area contributed by atoms with E-state index in [1.54, 1.807) is 40.6 Å². The molecule has 0 aromatic heterocycles. The highest BCUT2D eigenvalue weighted by Gasteiger charge is 2.12. The van der Waals surface area contributed by atoms with Crippen LogP contribution >= 0.6 is 0 Å². The van der Waals surface area contributed by atoms with E-state index in [4.69, 9.17) is 18.9 Å². The predicted octanol–water partition coefficient (Wildman–Crippen LogP) is 3.68. The lowest BCUT2D eigenvalue weighted by molar-refractivity contribution is 0.355. The molecule has 0 fully saturated rings. The van der Waals surface area contributed by atoms with Crippen molar-refractivity contribution in [1.29, 1.82) is 5.26 Å². The monoisotopic (exact) mass is 325 g/mol. The molecule has 24 heavy (non-hydrogen) atoms. The van der Waals surface area contributed by atoms with Gasteiger partial charge in [-0.3, -0.25) is 0 Å². The Morgan fingerprint density at radius 2 is 1.42 bits per heavy atom. The average Bonchev–Trinajstić information content (AvgIpc) is 2.64. The second kappa shape index (κ2) is 7.93. The van der Waals surface area contributed by atoms with Crippen molar-refractivity contribution in [2.75, 3.05) is 28.4 Å². The number of rotatable bonds is 6. The molecule has 0 radical (unpaired) electrons. The van der Waals surface area contributed by atoms with E-state index in [1.165, 1.54) is 6.08 Å². The van der Waals surface area contributed by atoms with Crippen LogP contribution in [0, 0.1) is 11.3 Å². The van der Waals surface area contributed by atoms with Gasteiger partial charge in [0.05, 0.1) is 34.5 Å². The molecule has 124 valence electrons. The zero-order valence-electron chi connectivity index (χ0n) is 14.1. The number of methoxy groups -OCH3 is 4. The van der Waals surface area contributed by atoms with Gasteiger partial charge in [-0.2, -0.15) is 5.26 Å². The summed E-state index contributed by atoms with van der Waals surface area (Å²) in [5.41, 5.74) is 2.36. The molecule has 0 aliphatic rings. The Labute approximate surface area is 141 Å². The molecule has 0 aliphatic carbocycles. The van der Waals surface area contributed by atoms with Crippen LogP contribution in [0.25, 0.3) is 5.57 Å². The summed E-state index contributed by atoms with van der Waals surface area (Å²) in [7, 11) is 6.33. The Kier molecular flexibility index (Phi) is 5.69. The quantitative estimate of drug-likeness (QED) is 0.758. The molecule has 0 atom stereocenters. The summed E-state index contributed by atoms with van der Waals surface area (Å²) in [6.07, 6.45) is 1.48. The Bertz CT molecular complexity index is 768. The first-order chi connectivity index (χ1) is 11.7. The number of hydrogen-bond acceptors (Lipinski definition) is 5. The second-order valence-corrected chi connectivity index (χ2v) is 4.86. The minimum Gasteiger partial charge on any atom is -0.497 e. The minimum absolute atomic E-state index is 0.591. The molecule has 0 saturated carbocycles. The highest BCUT2D eigenvalue weighted by atomic mass is 16.5. The topological polar surface area (TPSA) is 60.7 Å². The summed E-state index contributed by atoms with van der Waals surface area (Å²) in [5.74, 6) is 2.51. The fourth-order valence-corrected chi connectivity index (χ4v) is 2.36. The van der Waals surface area contributed by atoms with E-state index in [2.05, 4.69) is 6.07 Å². The SMILES string of the molecule is COc1cc(OC)cc(/C(=C\C#N)c2ccc(OC)c(OC)c2)c1. The Balaban J connectivity index is 2.60. The molecule has 0 saturated heterocycles. The normalized spacial score (nSPS) is 10.7. The predicted molar refractivity (Wildman–Crippen MR) is 91.8 cm³/mol. The van der Waals surface area contributed by atoms with Gasteiger partial charge in [-0.05, 0) is 41.0 Å². The first-order valence-electron chi connectivity index (χ1n) is 7.22. The lowest BCUT2D eigenvalue weighted by atomic mass is 9.96. The van der Waals surface area contributed by atoms with Crippen LogP contribution in [0.2, 0.25) is 0 Å². The van der Waals surface area contributed by atoms with Gasteiger partial charge in [-0.15, -0.1) is 0 Å². The Hall–Kier alpha value is -3.13. The molecule has 0 heterocycles. The molecule has 2 rings (SSSR count). The third-order valence-electron chi connectivity index (χ3n) is 3.57. The number of allylic oxidation sites excluding steroid dienone is 1. The number of benzene rings is 2.